The van der Waals surface area contributed by atoms with Gasteiger partial charge in [-0.15, -0.1) is 0 Å². The second kappa shape index (κ2) is 7.44. The quantitative estimate of drug-likeness (QED) is 0.657. The van der Waals surface area contributed by atoms with Gasteiger partial charge in [0, 0.05) is 26.3 Å². The fourth-order valence-corrected chi connectivity index (χ4v) is 2.00. The number of nitrogens with zero attached hydrogens (tertiary/aromatic N) is 1. The molecule has 1 atom stereocenters. The minimum Gasteiger partial charge on any atom is -0.479 e. The number of rotatable bonds is 7. The van der Waals surface area contributed by atoms with Gasteiger partial charge < -0.3 is 24.8 Å². The maximum absolute atomic E-state index is 11.8. The standard InChI is InChI=1S/C13H22N2O5/c16-12(17)11-8-15(5-7-20-11)13(18)14-4-1-6-19-9-10-2-3-10/h10-11H,1-9H2,(H,14,18)(H,16,17). The van der Waals surface area contributed by atoms with E-state index in [1.807, 2.05) is 0 Å². The van der Waals surface area contributed by atoms with Gasteiger partial charge in [-0.25, -0.2) is 9.59 Å². The molecule has 0 aromatic carbocycles. The lowest BCUT2D eigenvalue weighted by atomic mass is 10.3. The highest BCUT2D eigenvalue weighted by atomic mass is 16.5. The largest absolute Gasteiger partial charge is 0.479 e. The number of hydrogen-bond acceptors (Lipinski definition) is 4. The van der Waals surface area contributed by atoms with Crippen LogP contribution in [0.15, 0.2) is 0 Å². The van der Waals surface area contributed by atoms with Crippen molar-refractivity contribution in [2.24, 2.45) is 5.92 Å². The van der Waals surface area contributed by atoms with Crippen LogP contribution in [0.3, 0.4) is 0 Å². The molecule has 7 heteroatoms. The molecule has 114 valence electrons. The second-order valence-electron chi connectivity index (χ2n) is 5.25. The number of morpholine rings is 1. The molecule has 0 aromatic heterocycles. The molecule has 2 fully saturated rings. The summed E-state index contributed by atoms with van der Waals surface area (Å²) in [6, 6.07) is -0.234. The van der Waals surface area contributed by atoms with Gasteiger partial charge in [-0.3, -0.25) is 0 Å². The van der Waals surface area contributed by atoms with Gasteiger partial charge in [-0.1, -0.05) is 0 Å². The minimum atomic E-state index is -1.03. The fourth-order valence-electron chi connectivity index (χ4n) is 2.00. The second-order valence-corrected chi connectivity index (χ2v) is 5.25. The summed E-state index contributed by atoms with van der Waals surface area (Å²) in [6.45, 7) is 2.80. The average Bonchev–Trinajstić information content (AvgIpc) is 3.26. The molecule has 0 aromatic rings. The predicted molar refractivity (Wildman–Crippen MR) is 70.5 cm³/mol. The van der Waals surface area contributed by atoms with Crippen LogP contribution < -0.4 is 5.32 Å². The summed E-state index contributed by atoms with van der Waals surface area (Å²) >= 11 is 0. The van der Waals surface area contributed by atoms with Crippen LogP contribution in [0.5, 0.6) is 0 Å². The SMILES string of the molecule is O=C(O)C1CN(C(=O)NCCCOCC2CC2)CCO1. The number of nitrogens with one attached hydrogen (secondary N) is 1. The lowest BCUT2D eigenvalue weighted by molar-refractivity contribution is -0.154. The first-order chi connectivity index (χ1) is 9.66. The van der Waals surface area contributed by atoms with E-state index in [9.17, 15) is 9.59 Å². The number of carbonyl (C=O) groups is 2. The maximum atomic E-state index is 11.8. The molecule has 1 saturated heterocycles. The van der Waals surface area contributed by atoms with Crippen molar-refractivity contribution in [3.05, 3.63) is 0 Å². The normalized spacial score (nSPS) is 22.6. The number of amides is 2. The Kier molecular flexibility index (Phi) is 5.60. The van der Waals surface area contributed by atoms with Crippen molar-refractivity contribution in [1.82, 2.24) is 10.2 Å². The first-order valence-corrected chi connectivity index (χ1v) is 7.11. The monoisotopic (exact) mass is 286 g/mol. The molecule has 1 saturated carbocycles. The van der Waals surface area contributed by atoms with Crippen molar-refractivity contribution in [2.45, 2.75) is 25.4 Å². The molecule has 2 amide bonds. The number of carboxylic acids is 1. The van der Waals surface area contributed by atoms with Crippen molar-refractivity contribution >= 4 is 12.0 Å². The molecule has 0 radical (unpaired) electrons. The first-order valence-electron chi connectivity index (χ1n) is 7.11. The molecule has 20 heavy (non-hydrogen) atoms. The third-order valence-corrected chi connectivity index (χ3v) is 3.42. The van der Waals surface area contributed by atoms with Gasteiger partial charge in [0.1, 0.15) is 0 Å². The Balaban J connectivity index is 1.55. The molecule has 2 N–H and O–H groups in total. The molecule has 1 aliphatic carbocycles. The Morgan fingerprint density at radius 1 is 1.40 bits per heavy atom. The van der Waals surface area contributed by atoms with Crippen LogP contribution in [0, 0.1) is 5.92 Å². The van der Waals surface area contributed by atoms with E-state index in [4.69, 9.17) is 14.6 Å². The zero-order chi connectivity index (χ0) is 14.4. The van der Waals surface area contributed by atoms with Crippen LogP contribution in [-0.2, 0) is 14.3 Å². The Bertz CT molecular complexity index is 346. The predicted octanol–water partition coefficient (Wildman–Crippen LogP) is 0.298. The molecule has 1 heterocycles. The molecule has 0 spiro atoms. The summed E-state index contributed by atoms with van der Waals surface area (Å²) in [5, 5.41) is 11.6. The van der Waals surface area contributed by atoms with E-state index >= 15 is 0 Å². The highest BCUT2D eigenvalue weighted by Gasteiger charge is 2.28. The minimum absolute atomic E-state index is 0.0966. The number of carbonyl (C=O) groups excluding carboxylic acids is 1. The number of aliphatic carboxylic acids is 1. The van der Waals surface area contributed by atoms with Crippen LogP contribution in [0.2, 0.25) is 0 Å². The Labute approximate surface area is 118 Å². The van der Waals surface area contributed by atoms with Gasteiger partial charge in [0.2, 0.25) is 0 Å². The van der Waals surface area contributed by atoms with Crippen molar-refractivity contribution in [2.75, 3.05) is 39.5 Å². The van der Waals surface area contributed by atoms with E-state index in [0.717, 1.165) is 18.9 Å². The Hall–Kier alpha value is -1.34. The summed E-state index contributed by atoms with van der Waals surface area (Å²) in [7, 11) is 0. The molecular weight excluding hydrogens is 264 g/mol. The lowest BCUT2D eigenvalue weighted by Crippen LogP contribution is -2.51. The lowest BCUT2D eigenvalue weighted by Gasteiger charge is -2.30. The van der Waals surface area contributed by atoms with E-state index < -0.39 is 12.1 Å². The van der Waals surface area contributed by atoms with Gasteiger partial charge in [-0.05, 0) is 25.2 Å². The van der Waals surface area contributed by atoms with Crippen molar-refractivity contribution in [3.8, 4) is 0 Å². The zero-order valence-corrected chi connectivity index (χ0v) is 11.5. The Morgan fingerprint density at radius 2 is 2.20 bits per heavy atom. The molecule has 1 aliphatic heterocycles. The van der Waals surface area contributed by atoms with Crippen LogP contribution in [0.1, 0.15) is 19.3 Å². The van der Waals surface area contributed by atoms with Gasteiger partial charge in [0.25, 0.3) is 0 Å². The highest BCUT2D eigenvalue weighted by molar-refractivity contribution is 5.77. The number of hydrogen-bond donors (Lipinski definition) is 2. The van der Waals surface area contributed by atoms with Gasteiger partial charge in [-0.2, -0.15) is 0 Å². The first kappa shape index (κ1) is 15.1. The summed E-state index contributed by atoms with van der Waals surface area (Å²) < 4.78 is 10.5. The summed E-state index contributed by atoms with van der Waals surface area (Å²) in [6.07, 6.45) is 2.40. The van der Waals surface area contributed by atoms with E-state index in [1.165, 1.54) is 17.7 Å². The highest BCUT2D eigenvalue weighted by Crippen LogP contribution is 2.28. The van der Waals surface area contributed by atoms with Crippen molar-refractivity contribution in [1.29, 1.82) is 0 Å². The smallest absolute Gasteiger partial charge is 0.334 e. The number of urea groups is 1. The molecule has 1 unspecified atom stereocenters. The third-order valence-electron chi connectivity index (χ3n) is 3.42. The zero-order valence-electron chi connectivity index (χ0n) is 11.5. The van der Waals surface area contributed by atoms with Crippen LogP contribution in [-0.4, -0.2) is 67.6 Å². The number of ether oxygens (including phenoxy) is 2. The molecular formula is C13H22N2O5. The van der Waals surface area contributed by atoms with Crippen LogP contribution in [0.25, 0.3) is 0 Å². The van der Waals surface area contributed by atoms with Gasteiger partial charge >= 0.3 is 12.0 Å². The van der Waals surface area contributed by atoms with E-state index in [1.54, 1.807) is 0 Å². The van der Waals surface area contributed by atoms with Gasteiger partial charge in [0.15, 0.2) is 6.10 Å². The summed E-state index contributed by atoms with van der Waals surface area (Å²) in [4.78, 5) is 24.1. The summed E-state index contributed by atoms with van der Waals surface area (Å²) in [5.74, 6) is -0.276. The average molecular weight is 286 g/mol. The van der Waals surface area contributed by atoms with Crippen molar-refractivity contribution < 1.29 is 24.2 Å². The van der Waals surface area contributed by atoms with Crippen LogP contribution >= 0.6 is 0 Å². The molecule has 2 rings (SSSR count). The molecule has 7 nitrogen and oxygen atoms in total. The molecule has 2 aliphatic rings. The summed E-state index contributed by atoms with van der Waals surface area (Å²) in [5.41, 5.74) is 0. The van der Waals surface area contributed by atoms with Crippen molar-refractivity contribution in [3.63, 3.8) is 0 Å². The number of carboxylic acid groups (broad SMARTS) is 1. The molecule has 0 bridgehead atoms. The Morgan fingerprint density at radius 3 is 2.90 bits per heavy atom. The van der Waals surface area contributed by atoms with E-state index in [0.29, 0.717) is 19.7 Å². The van der Waals surface area contributed by atoms with E-state index in [2.05, 4.69) is 5.32 Å². The van der Waals surface area contributed by atoms with Crippen LogP contribution in [0.4, 0.5) is 4.79 Å². The topological polar surface area (TPSA) is 88.1 Å². The van der Waals surface area contributed by atoms with E-state index in [-0.39, 0.29) is 19.2 Å². The third kappa shape index (κ3) is 4.97. The fraction of sp³-hybridized carbons (Fsp3) is 0.846. The van der Waals surface area contributed by atoms with Gasteiger partial charge in [0.05, 0.1) is 13.2 Å². The maximum Gasteiger partial charge on any atom is 0.334 e.